The van der Waals surface area contributed by atoms with Gasteiger partial charge in [-0.15, -0.1) is 0 Å². The third kappa shape index (κ3) is 4.29. The number of cyclic esters (lactones) is 1. The van der Waals surface area contributed by atoms with Gasteiger partial charge in [0.05, 0.1) is 11.3 Å². The minimum Gasteiger partial charge on any atom is -0.431 e. The quantitative estimate of drug-likeness (QED) is 0.679. The Morgan fingerprint density at radius 2 is 1.94 bits per heavy atom. The molecule has 2 aromatic heterocycles. The van der Waals surface area contributed by atoms with Crippen molar-refractivity contribution in [3.05, 3.63) is 29.6 Å². The molecule has 0 aromatic carbocycles. The predicted octanol–water partition coefficient (Wildman–Crippen LogP) is 3.61. The lowest BCUT2D eigenvalue weighted by molar-refractivity contribution is -0.206. The van der Waals surface area contributed by atoms with Crippen LogP contribution in [-0.2, 0) is 10.7 Å². The lowest BCUT2D eigenvalue weighted by Gasteiger charge is -2.33. The van der Waals surface area contributed by atoms with Gasteiger partial charge in [-0.05, 0) is 19.1 Å². The molecule has 1 saturated heterocycles. The van der Waals surface area contributed by atoms with Crippen molar-refractivity contribution in [2.75, 3.05) is 29.9 Å². The Morgan fingerprint density at radius 1 is 1.19 bits per heavy atom. The van der Waals surface area contributed by atoms with Crippen LogP contribution in [0, 0.1) is 0 Å². The monoisotopic (exact) mass is 458 g/mol. The van der Waals surface area contributed by atoms with Crippen LogP contribution in [0.2, 0.25) is 0 Å². The SMILES string of the molecule is C[C@H]1CN(c2cc(C(C)(F)F)cc(-c3ncnc4c3[C@H](C(F)(F)F)OC(=O)N4)n2)CCN1. The number of nitrogens with zero attached hydrogens (tertiary/aromatic N) is 4. The molecule has 2 atom stereocenters. The van der Waals surface area contributed by atoms with Crippen LogP contribution in [0.25, 0.3) is 11.4 Å². The Morgan fingerprint density at radius 3 is 2.59 bits per heavy atom. The summed E-state index contributed by atoms with van der Waals surface area (Å²) in [5, 5.41) is 5.31. The molecule has 1 fully saturated rings. The van der Waals surface area contributed by atoms with E-state index in [0.717, 1.165) is 12.4 Å². The lowest BCUT2D eigenvalue weighted by Crippen LogP contribution is -2.49. The second-order valence-corrected chi connectivity index (χ2v) is 7.73. The largest absolute Gasteiger partial charge is 0.431 e. The molecule has 13 heteroatoms. The number of halogens is 5. The summed E-state index contributed by atoms with van der Waals surface area (Å²) in [6.45, 7) is 4.14. The Bertz CT molecular complexity index is 1040. The second-order valence-electron chi connectivity index (χ2n) is 7.73. The van der Waals surface area contributed by atoms with Crippen LogP contribution < -0.4 is 15.5 Å². The number of hydrogen-bond acceptors (Lipinski definition) is 7. The van der Waals surface area contributed by atoms with Crippen molar-refractivity contribution in [2.24, 2.45) is 0 Å². The van der Waals surface area contributed by atoms with E-state index in [4.69, 9.17) is 0 Å². The number of fused-ring (bicyclic) bond motifs is 1. The van der Waals surface area contributed by atoms with Crippen LogP contribution in [0.5, 0.6) is 0 Å². The van der Waals surface area contributed by atoms with Crippen LogP contribution in [0.1, 0.15) is 31.1 Å². The molecule has 8 nitrogen and oxygen atoms in total. The van der Waals surface area contributed by atoms with Crippen molar-refractivity contribution in [1.29, 1.82) is 0 Å². The van der Waals surface area contributed by atoms with E-state index in [-0.39, 0.29) is 23.2 Å². The summed E-state index contributed by atoms with van der Waals surface area (Å²) >= 11 is 0. The Hall–Kier alpha value is -3.09. The van der Waals surface area contributed by atoms with E-state index in [1.165, 1.54) is 6.07 Å². The number of carbonyl (C=O) groups excluding carboxylic acids is 1. The second kappa shape index (κ2) is 7.80. The molecular weight excluding hydrogens is 439 g/mol. The molecule has 2 N–H and O–H groups in total. The fraction of sp³-hybridized carbons (Fsp3) is 0.474. The van der Waals surface area contributed by atoms with E-state index in [9.17, 15) is 26.7 Å². The zero-order valence-electron chi connectivity index (χ0n) is 17.0. The number of anilines is 2. The van der Waals surface area contributed by atoms with Crippen LogP contribution in [0.4, 0.5) is 38.4 Å². The first-order valence-electron chi connectivity index (χ1n) is 9.72. The van der Waals surface area contributed by atoms with Crippen molar-refractivity contribution in [3.63, 3.8) is 0 Å². The number of piperazine rings is 1. The molecule has 2 aromatic rings. The van der Waals surface area contributed by atoms with E-state index in [1.54, 1.807) is 4.90 Å². The highest BCUT2D eigenvalue weighted by molar-refractivity contribution is 5.88. The smallest absolute Gasteiger partial charge is 0.430 e. The summed E-state index contributed by atoms with van der Waals surface area (Å²) < 4.78 is 74.0. The molecule has 32 heavy (non-hydrogen) atoms. The zero-order chi connectivity index (χ0) is 23.3. The lowest BCUT2D eigenvalue weighted by atomic mass is 10.0. The molecule has 4 rings (SSSR count). The maximum absolute atomic E-state index is 14.3. The Kier molecular flexibility index (Phi) is 5.39. The number of rotatable bonds is 3. The molecule has 0 saturated carbocycles. The summed E-state index contributed by atoms with van der Waals surface area (Å²) in [5.74, 6) is -3.52. The van der Waals surface area contributed by atoms with Crippen molar-refractivity contribution in [3.8, 4) is 11.4 Å². The van der Waals surface area contributed by atoms with Gasteiger partial charge in [0.1, 0.15) is 23.7 Å². The molecule has 0 bridgehead atoms. The summed E-state index contributed by atoms with van der Waals surface area (Å²) in [4.78, 5) is 25.3. The van der Waals surface area contributed by atoms with E-state index in [0.29, 0.717) is 26.6 Å². The third-order valence-electron chi connectivity index (χ3n) is 5.14. The number of aromatic nitrogens is 3. The van der Waals surface area contributed by atoms with E-state index < -0.39 is 41.2 Å². The average molecular weight is 458 g/mol. The number of ether oxygens (including phenoxy) is 1. The first-order chi connectivity index (χ1) is 14.9. The van der Waals surface area contributed by atoms with Gasteiger partial charge in [0.15, 0.2) is 0 Å². The highest BCUT2D eigenvalue weighted by Crippen LogP contribution is 2.45. The molecule has 2 aliphatic heterocycles. The number of nitrogens with one attached hydrogen (secondary N) is 2. The average Bonchev–Trinajstić information content (AvgIpc) is 2.71. The topological polar surface area (TPSA) is 92.3 Å². The number of alkyl halides is 5. The number of hydrogen-bond donors (Lipinski definition) is 2. The van der Waals surface area contributed by atoms with Crippen LogP contribution in [-0.4, -0.2) is 52.9 Å². The van der Waals surface area contributed by atoms with Crippen molar-refractivity contribution in [2.45, 2.75) is 38.1 Å². The minimum absolute atomic E-state index is 0.0600. The standard InChI is InChI=1S/C19H19F5N6O2/c1-9-7-30(4-3-25-9)12-6-10(18(2,20)21)5-11(28-12)14-13-15(19(22,23)24)32-17(31)29-16(13)27-8-26-14/h5-6,8-9,15,25H,3-4,7H2,1-2H3,(H,26,27,29,31)/t9-,15+/m0/s1. The summed E-state index contributed by atoms with van der Waals surface area (Å²) in [6, 6.07) is 2.26. The van der Waals surface area contributed by atoms with Gasteiger partial charge in [-0.25, -0.2) is 28.5 Å². The molecule has 0 spiro atoms. The zero-order valence-corrected chi connectivity index (χ0v) is 17.0. The van der Waals surface area contributed by atoms with E-state index in [2.05, 4.69) is 30.3 Å². The van der Waals surface area contributed by atoms with E-state index in [1.807, 2.05) is 6.92 Å². The molecule has 0 unspecified atom stereocenters. The van der Waals surface area contributed by atoms with Crippen molar-refractivity contribution < 1.29 is 31.5 Å². The van der Waals surface area contributed by atoms with E-state index >= 15 is 0 Å². The van der Waals surface area contributed by atoms with Crippen LogP contribution in [0.15, 0.2) is 18.5 Å². The molecular formula is C19H19F5N6O2. The van der Waals surface area contributed by atoms with Crippen molar-refractivity contribution >= 4 is 17.7 Å². The minimum atomic E-state index is -4.98. The Balaban J connectivity index is 1.90. The third-order valence-corrected chi connectivity index (χ3v) is 5.14. The number of amides is 1. The van der Waals surface area contributed by atoms with Gasteiger partial charge in [0.25, 0.3) is 5.92 Å². The molecule has 0 radical (unpaired) electrons. The van der Waals surface area contributed by atoms with Gasteiger partial charge < -0.3 is 15.0 Å². The van der Waals surface area contributed by atoms with Crippen LogP contribution in [0.3, 0.4) is 0 Å². The molecule has 1 amide bonds. The predicted molar refractivity (Wildman–Crippen MR) is 103 cm³/mol. The normalized spacial score (nSPS) is 21.6. The highest BCUT2D eigenvalue weighted by Gasteiger charge is 2.50. The van der Waals surface area contributed by atoms with Gasteiger partial charge in [-0.1, -0.05) is 0 Å². The van der Waals surface area contributed by atoms with Gasteiger partial charge in [0.2, 0.25) is 6.10 Å². The summed E-state index contributed by atoms with van der Waals surface area (Å²) in [7, 11) is 0. The fourth-order valence-corrected chi connectivity index (χ4v) is 3.66. The first-order valence-corrected chi connectivity index (χ1v) is 9.72. The summed E-state index contributed by atoms with van der Waals surface area (Å²) in [5.41, 5.74) is -1.59. The summed E-state index contributed by atoms with van der Waals surface area (Å²) in [6.07, 6.45) is -8.05. The molecule has 4 heterocycles. The van der Waals surface area contributed by atoms with Gasteiger partial charge >= 0.3 is 12.3 Å². The maximum Gasteiger partial charge on any atom is 0.430 e. The fourth-order valence-electron chi connectivity index (χ4n) is 3.66. The molecule has 2 aliphatic rings. The van der Waals surface area contributed by atoms with Crippen molar-refractivity contribution in [1.82, 2.24) is 20.3 Å². The number of pyridine rings is 1. The number of carbonyl (C=O) groups is 1. The highest BCUT2D eigenvalue weighted by atomic mass is 19.4. The molecule has 172 valence electrons. The van der Waals surface area contributed by atoms with Gasteiger partial charge in [-0.2, -0.15) is 13.2 Å². The first kappa shape index (κ1) is 22.1. The maximum atomic E-state index is 14.3. The van der Waals surface area contributed by atoms with Gasteiger partial charge in [0, 0.05) is 38.2 Å². The van der Waals surface area contributed by atoms with Gasteiger partial charge in [-0.3, -0.25) is 5.32 Å². The molecule has 0 aliphatic carbocycles. The van der Waals surface area contributed by atoms with Crippen LogP contribution >= 0.6 is 0 Å². The Labute approximate surface area is 179 Å².